The highest BCUT2D eigenvalue weighted by Crippen LogP contribution is 2.23. The fourth-order valence-corrected chi connectivity index (χ4v) is 0.349. The molecule has 0 aromatic heterocycles. The minimum atomic E-state index is -5.16. The van der Waals surface area contributed by atoms with Crippen molar-refractivity contribution in [3.05, 3.63) is 0 Å². The van der Waals surface area contributed by atoms with Crippen LogP contribution in [-0.2, 0) is 9.53 Å². The van der Waals surface area contributed by atoms with E-state index in [-0.39, 0.29) is 6.61 Å². The van der Waals surface area contributed by atoms with Gasteiger partial charge in [-0.25, -0.2) is 9.18 Å². The summed E-state index contributed by atoms with van der Waals surface area (Å²) in [6.45, 7) is 1.02. The van der Waals surface area contributed by atoms with Crippen LogP contribution in [0.2, 0.25) is 0 Å². The van der Waals surface area contributed by atoms with Crippen molar-refractivity contribution in [1.29, 1.82) is 0 Å². The average Bonchev–Trinajstić information content (AvgIpc) is 1.85. The Balaban J connectivity index is 4.03. The number of ether oxygens (including phenoxy) is 1. The minimum absolute atomic E-state index is 0.269. The summed E-state index contributed by atoms with van der Waals surface area (Å²) in [7, 11) is 0. The van der Waals surface area contributed by atoms with Gasteiger partial charge >= 0.3 is 12.1 Å². The third-order valence-corrected chi connectivity index (χ3v) is 0.781. The zero-order valence-corrected chi connectivity index (χ0v) is 5.61. The molecule has 0 aromatic carbocycles. The van der Waals surface area contributed by atoms with Crippen molar-refractivity contribution in [3.8, 4) is 0 Å². The van der Waals surface area contributed by atoms with Crippen molar-refractivity contribution in [2.75, 3.05) is 6.61 Å². The van der Waals surface area contributed by atoms with E-state index in [2.05, 4.69) is 4.74 Å². The molecule has 0 amide bonds. The molecule has 0 aliphatic heterocycles. The summed E-state index contributed by atoms with van der Waals surface area (Å²) in [5.41, 5.74) is 0. The normalized spacial score (nSPS) is 14.3. The number of halogens is 4. The Bertz CT molecular complexity index is 142. The van der Waals surface area contributed by atoms with Gasteiger partial charge in [-0.2, -0.15) is 13.2 Å². The van der Waals surface area contributed by atoms with Crippen molar-refractivity contribution >= 4 is 5.97 Å². The predicted octanol–water partition coefficient (Wildman–Crippen LogP) is 1.45. The second-order valence-corrected chi connectivity index (χ2v) is 1.66. The molecule has 0 aliphatic rings. The van der Waals surface area contributed by atoms with Gasteiger partial charge in [0, 0.05) is 0 Å². The standard InChI is InChI=1S/C5H6F4O2/c1-2-11-4(10)3(6)5(7,8)9/h3H,2H2,1H3/t3-/m0/s1. The summed E-state index contributed by atoms with van der Waals surface area (Å²) in [6.07, 6.45) is -8.69. The van der Waals surface area contributed by atoms with E-state index in [1.807, 2.05) is 0 Å². The monoisotopic (exact) mass is 174 g/mol. The highest BCUT2D eigenvalue weighted by atomic mass is 19.4. The van der Waals surface area contributed by atoms with Crippen LogP contribution in [-0.4, -0.2) is 24.9 Å². The quantitative estimate of drug-likeness (QED) is 0.467. The van der Waals surface area contributed by atoms with E-state index < -0.39 is 18.3 Å². The predicted molar refractivity (Wildman–Crippen MR) is 27.6 cm³/mol. The first-order valence-corrected chi connectivity index (χ1v) is 2.77. The largest absolute Gasteiger partial charge is 0.464 e. The van der Waals surface area contributed by atoms with Gasteiger partial charge in [-0.3, -0.25) is 0 Å². The topological polar surface area (TPSA) is 26.3 Å². The zero-order valence-electron chi connectivity index (χ0n) is 5.61. The number of carbonyl (C=O) groups is 1. The third kappa shape index (κ3) is 3.20. The van der Waals surface area contributed by atoms with Gasteiger partial charge in [0.2, 0.25) is 0 Å². The van der Waals surface area contributed by atoms with Gasteiger partial charge in [0.1, 0.15) is 0 Å². The SMILES string of the molecule is CCOC(=O)[C@H](F)C(F)(F)F. The van der Waals surface area contributed by atoms with Gasteiger partial charge in [-0.15, -0.1) is 0 Å². The van der Waals surface area contributed by atoms with Crippen LogP contribution in [0.3, 0.4) is 0 Å². The number of rotatable bonds is 2. The van der Waals surface area contributed by atoms with E-state index in [1.54, 1.807) is 0 Å². The molecule has 0 radical (unpaired) electrons. The maximum Gasteiger partial charge on any atom is 0.430 e. The Morgan fingerprint density at radius 3 is 2.27 bits per heavy atom. The van der Waals surface area contributed by atoms with Crippen LogP contribution in [0.4, 0.5) is 17.6 Å². The molecular weight excluding hydrogens is 168 g/mol. The van der Waals surface area contributed by atoms with Crippen LogP contribution in [0.5, 0.6) is 0 Å². The van der Waals surface area contributed by atoms with Gasteiger partial charge in [-0.05, 0) is 6.92 Å². The van der Waals surface area contributed by atoms with Crippen molar-refractivity contribution < 1.29 is 27.1 Å². The average molecular weight is 174 g/mol. The summed E-state index contributed by atoms with van der Waals surface area (Å²) >= 11 is 0. The molecule has 66 valence electrons. The van der Waals surface area contributed by atoms with E-state index in [0.29, 0.717) is 0 Å². The highest BCUT2D eigenvalue weighted by molar-refractivity contribution is 5.75. The van der Waals surface area contributed by atoms with Gasteiger partial charge in [0.15, 0.2) is 0 Å². The van der Waals surface area contributed by atoms with Crippen LogP contribution in [0.25, 0.3) is 0 Å². The van der Waals surface area contributed by atoms with Gasteiger partial charge in [-0.1, -0.05) is 0 Å². The van der Waals surface area contributed by atoms with E-state index in [0.717, 1.165) is 0 Å². The highest BCUT2D eigenvalue weighted by Gasteiger charge is 2.46. The molecule has 0 rings (SSSR count). The molecule has 0 unspecified atom stereocenters. The third-order valence-electron chi connectivity index (χ3n) is 0.781. The van der Waals surface area contributed by atoms with E-state index in [1.165, 1.54) is 6.92 Å². The van der Waals surface area contributed by atoms with Crippen molar-refractivity contribution in [2.24, 2.45) is 0 Å². The molecule has 0 heterocycles. The Morgan fingerprint density at radius 1 is 1.55 bits per heavy atom. The summed E-state index contributed by atoms with van der Waals surface area (Å²) in [5, 5.41) is 0. The lowest BCUT2D eigenvalue weighted by atomic mass is 10.4. The number of hydrogen-bond donors (Lipinski definition) is 0. The molecule has 0 spiro atoms. The van der Waals surface area contributed by atoms with E-state index in [4.69, 9.17) is 0 Å². The fourth-order valence-electron chi connectivity index (χ4n) is 0.349. The molecule has 11 heavy (non-hydrogen) atoms. The van der Waals surface area contributed by atoms with Crippen LogP contribution >= 0.6 is 0 Å². The van der Waals surface area contributed by atoms with Crippen molar-refractivity contribution in [2.45, 2.75) is 19.3 Å². The Labute approximate surface area is 60.1 Å². The summed E-state index contributed by atoms with van der Waals surface area (Å²) in [5.74, 6) is -1.89. The second-order valence-electron chi connectivity index (χ2n) is 1.66. The minimum Gasteiger partial charge on any atom is -0.464 e. The Morgan fingerprint density at radius 2 is 2.00 bits per heavy atom. The molecule has 6 heteroatoms. The van der Waals surface area contributed by atoms with Crippen molar-refractivity contribution in [3.63, 3.8) is 0 Å². The first-order valence-electron chi connectivity index (χ1n) is 2.77. The number of hydrogen-bond acceptors (Lipinski definition) is 2. The zero-order chi connectivity index (χ0) is 9.07. The maximum atomic E-state index is 11.9. The Hall–Kier alpha value is -0.810. The summed E-state index contributed by atoms with van der Waals surface area (Å²) in [4.78, 5) is 10.1. The molecule has 0 saturated heterocycles. The lowest BCUT2D eigenvalue weighted by Crippen LogP contribution is -2.33. The molecule has 0 N–H and O–H groups in total. The molecule has 0 aromatic rings. The molecule has 1 atom stereocenters. The first-order chi connectivity index (χ1) is 4.89. The molecule has 0 bridgehead atoms. The number of alkyl halides is 4. The number of esters is 1. The van der Waals surface area contributed by atoms with E-state index >= 15 is 0 Å². The molecule has 0 fully saturated rings. The van der Waals surface area contributed by atoms with Crippen LogP contribution in [0, 0.1) is 0 Å². The summed E-state index contributed by atoms with van der Waals surface area (Å²) in [6, 6.07) is 0. The number of carbonyl (C=O) groups excluding carboxylic acids is 1. The molecule has 2 nitrogen and oxygen atoms in total. The smallest absolute Gasteiger partial charge is 0.430 e. The summed E-state index contributed by atoms with van der Waals surface area (Å²) < 4.78 is 49.7. The van der Waals surface area contributed by atoms with Gasteiger partial charge in [0.25, 0.3) is 6.17 Å². The lowest BCUT2D eigenvalue weighted by molar-refractivity contribution is -0.200. The molecule has 0 saturated carbocycles. The molecular formula is C5H6F4O2. The Kier molecular flexibility index (Phi) is 3.28. The fraction of sp³-hybridized carbons (Fsp3) is 0.800. The molecule has 0 aliphatic carbocycles. The second kappa shape index (κ2) is 3.54. The van der Waals surface area contributed by atoms with Crippen LogP contribution in [0.1, 0.15) is 6.92 Å². The maximum absolute atomic E-state index is 11.9. The van der Waals surface area contributed by atoms with Crippen molar-refractivity contribution in [1.82, 2.24) is 0 Å². The van der Waals surface area contributed by atoms with Crippen LogP contribution in [0.15, 0.2) is 0 Å². The van der Waals surface area contributed by atoms with Gasteiger partial charge < -0.3 is 4.74 Å². The van der Waals surface area contributed by atoms with Gasteiger partial charge in [0.05, 0.1) is 6.61 Å². The first kappa shape index (κ1) is 10.2. The van der Waals surface area contributed by atoms with Crippen LogP contribution < -0.4 is 0 Å². The van der Waals surface area contributed by atoms with E-state index in [9.17, 15) is 22.4 Å². The lowest BCUT2D eigenvalue weighted by Gasteiger charge is -2.09.